The largest absolute Gasteiger partial charge is 0.297 e. The third-order valence-electron chi connectivity index (χ3n) is 2.10. The van der Waals surface area contributed by atoms with Crippen molar-refractivity contribution in [3.8, 4) is 0 Å². The van der Waals surface area contributed by atoms with Gasteiger partial charge in [0.1, 0.15) is 0 Å². The van der Waals surface area contributed by atoms with E-state index in [0.29, 0.717) is 0 Å². The van der Waals surface area contributed by atoms with E-state index in [4.69, 9.17) is 4.84 Å². The zero-order valence-corrected chi connectivity index (χ0v) is 9.32. The van der Waals surface area contributed by atoms with Gasteiger partial charge in [0.15, 0.2) is 4.96 Å². The van der Waals surface area contributed by atoms with Crippen molar-refractivity contribution in [1.29, 1.82) is 0 Å². The summed E-state index contributed by atoms with van der Waals surface area (Å²) in [5.74, 6) is -0.108. The Morgan fingerprint density at radius 3 is 3.20 bits per heavy atom. The van der Waals surface area contributed by atoms with Gasteiger partial charge in [-0.15, -0.1) is 11.3 Å². The highest BCUT2D eigenvalue weighted by Gasteiger charge is 2.11. The second-order valence-corrected chi connectivity index (χ2v) is 3.95. The summed E-state index contributed by atoms with van der Waals surface area (Å²) in [7, 11) is 3.05. The molecule has 0 aliphatic carbocycles. The van der Waals surface area contributed by atoms with Gasteiger partial charge in [0.25, 0.3) is 5.91 Å². The molecule has 6 heteroatoms. The molecule has 2 aromatic heterocycles. The van der Waals surface area contributed by atoms with Crippen LogP contribution in [0.4, 0.5) is 0 Å². The highest BCUT2D eigenvalue weighted by Crippen LogP contribution is 2.12. The Morgan fingerprint density at radius 2 is 2.53 bits per heavy atom. The molecule has 15 heavy (non-hydrogen) atoms. The summed E-state index contributed by atoms with van der Waals surface area (Å²) in [6.45, 7) is 0. The van der Waals surface area contributed by atoms with Gasteiger partial charge in [-0.05, 0) is 0 Å². The van der Waals surface area contributed by atoms with E-state index in [1.807, 2.05) is 22.2 Å². The lowest BCUT2D eigenvalue weighted by Gasteiger charge is -2.11. The maximum atomic E-state index is 11.5. The number of rotatable bonds is 3. The van der Waals surface area contributed by atoms with E-state index < -0.39 is 0 Å². The summed E-state index contributed by atoms with van der Waals surface area (Å²) < 4.78 is 1.90. The average Bonchev–Trinajstić information content (AvgIpc) is 2.76. The molecule has 0 fully saturated rings. The lowest BCUT2D eigenvalue weighted by molar-refractivity contribution is -0.167. The zero-order valence-electron chi connectivity index (χ0n) is 8.51. The predicted molar refractivity (Wildman–Crippen MR) is 56.6 cm³/mol. The number of likely N-dealkylation sites (N-methyl/N-ethyl adjacent to an activating group) is 1. The van der Waals surface area contributed by atoms with Gasteiger partial charge in [-0.25, -0.2) is 10.0 Å². The Bertz CT molecular complexity index is 448. The molecule has 5 nitrogen and oxygen atoms in total. The zero-order chi connectivity index (χ0) is 10.8. The number of hydrogen-bond acceptors (Lipinski definition) is 4. The highest BCUT2D eigenvalue weighted by atomic mass is 32.1. The first-order chi connectivity index (χ1) is 7.20. The minimum absolute atomic E-state index is 0.108. The van der Waals surface area contributed by atoms with Crippen molar-refractivity contribution in [1.82, 2.24) is 14.4 Å². The number of carbonyl (C=O) groups excluding carboxylic acids is 1. The molecular formula is C9H11N3O2S. The molecule has 0 radical (unpaired) electrons. The highest BCUT2D eigenvalue weighted by molar-refractivity contribution is 7.15. The minimum atomic E-state index is -0.108. The molecule has 0 unspecified atom stereocenters. The summed E-state index contributed by atoms with van der Waals surface area (Å²) >= 11 is 1.55. The molecular weight excluding hydrogens is 214 g/mol. The van der Waals surface area contributed by atoms with Crippen molar-refractivity contribution < 1.29 is 9.63 Å². The molecule has 0 saturated carbocycles. The fourth-order valence-electron chi connectivity index (χ4n) is 1.23. The molecule has 0 atom stereocenters. The lowest BCUT2D eigenvalue weighted by Crippen LogP contribution is -2.27. The van der Waals surface area contributed by atoms with Crippen LogP contribution < -0.4 is 0 Å². The molecule has 2 heterocycles. The molecule has 0 bridgehead atoms. The maximum Gasteiger partial charge on any atom is 0.251 e. The van der Waals surface area contributed by atoms with E-state index in [0.717, 1.165) is 10.7 Å². The van der Waals surface area contributed by atoms with Crippen molar-refractivity contribution in [2.24, 2.45) is 0 Å². The molecule has 0 saturated heterocycles. The van der Waals surface area contributed by atoms with Gasteiger partial charge in [-0.1, -0.05) is 0 Å². The predicted octanol–water partition coefficient (Wildman–Crippen LogP) is 0.958. The lowest BCUT2D eigenvalue weighted by atomic mass is 10.3. The van der Waals surface area contributed by atoms with Crippen LogP contribution in [0.1, 0.15) is 5.69 Å². The van der Waals surface area contributed by atoms with Crippen LogP contribution in [0.15, 0.2) is 17.8 Å². The minimum Gasteiger partial charge on any atom is -0.297 e. The van der Waals surface area contributed by atoms with Gasteiger partial charge >= 0.3 is 0 Å². The monoisotopic (exact) mass is 225 g/mol. The number of hydroxylamine groups is 2. The SMILES string of the molecule is CON(C)C(=O)Cc1cn2ccsc2n1. The van der Waals surface area contributed by atoms with Gasteiger partial charge < -0.3 is 0 Å². The number of hydrogen-bond donors (Lipinski definition) is 0. The van der Waals surface area contributed by atoms with E-state index in [9.17, 15) is 4.79 Å². The summed E-state index contributed by atoms with van der Waals surface area (Å²) in [6.07, 6.45) is 4.03. The van der Waals surface area contributed by atoms with Gasteiger partial charge in [0.2, 0.25) is 0 Å². The van der Waals surface area contributed by atoms with Gasteiger partial charge in [0, 0.05) is 24.8 Å². The Morgan fingerprint density at radius 1 is 1.73 bits per heavy atom. The van der Waals surface area contributed by atoms with Crippen molar-refractivity contribution in [3.05, 3.63) is 23.5 Å². The number of thiazole rings is 1. The van der Waals surface area contributed by atoms with E-state index in [1.165, 1.54) is 12.2 Å². The van der Waals surface area contributed by atoms with E-state index >= 15 is 0 Å². The van der Waals surface area contributed by atoms with Crippen molar-refractivity contribution >= 4 is 22.2 Å². The van der Waals surface area contributed by atoms with E-state index in [-0.39, 0.29) is 12.3 Å². The third kappa shape index (κ3) is 2.00. The molecule has 0 aliphatic rings. The van der Waals surface area contributed by atoms with Crippen LogP contribution in [-0.4, -0.2) is 34.5 Å². The standard InChI is InChI=1S/C9H11N3O2S/c1-11(14-2)8(13)5-7-6-12-3-4-15-9(12)10-7/h3-4,6H,5H2,1-2H3. The summed E-state index contributed by atoms with van der Waals surface area (Å²) in [5.41, 5.74) is 0.760. The number of imidazole rings is 1. The number of nitrogens with zero attached hydrogens (tertiary/aromatic N) is 3. The van der Waals surface area contributed by atoms with Gasteiger partial charge in [0.05, 0.1) is 19.2 Å². The number of carbonyl (C=O) groups is 1. The van der Waals surface area contributed by atoms with Gasteiger partial charge in [-0.3, -0.25) is 14.0 Å². The van der Waals surface area contributed by atoms with Crippen LogP contribution in [0.2, 0.25) is 0 Å². The number of fused-ring (bicyclic) bond motifs is 1. The van der Waals surface area contributed by atoms with E-state index in [2.05, 4.69) is 4.98 Å². The second kappa shape index (κ2) is 4.00. The number of amides is 1. The summed E-state index contributed by atoms with van der Waals surface area (Å²) in [5, 5.41) is 3.16. The molecule has 80 valence electrons. The maximum absolute atomic E-state index is 11.5. The Hall–Kier alpha value is -1.40. The first kappa shape index (κ1) is 10.1. The van der Waals surface area contributed by atoms with Crippen LogP contribution in [0.3, 0.4) is 0 Å². The van der Waals surface area contributed by atoms with Crippen LogP contribution >= 0.6 is 11.3 Å². The van der Waals surface area contributed by atoms with Crippen molar-refractivity contribution in [2.75, 3.05) is 14.2 Å². The first-order valence-corrected chi connectivity index (χ1v) is 5.30. The average molecular weight is 225 g/mol. The smallest absolute Gasteiger partial charge is 0.251 e. The second-order valence-electron chi connectivity index (χ2n) is 3.08. The summed E-state index contributed by atoms with van der Waals surface area (Å²) in [6, 6.07) is 0. The van der Waals surface area contributed by atoms with E-state index in [1.54, 1.807) is 18.4 Å². The fraction of sp³-hybridized carbons (Fsp3) is 0.333. The van der Waals surface area contributed by atoms with Crippen LogP contribution in [-0.2, 0) is 16.1 Å². The number of aromatic nitrogens is 2. The molecule has 1 amide bonds. The van der Waals surface area contributed by atoms with Crippen LogP contribution in [0, 0.1) is 0 Å². The molecule has 2 rings (SSSR count). The van der Waals surface area contributed by atoms with Crippen molar-refractivity contribution in [3.63, 3.8) is 0 Å². The molecule has 0 N–H and O–H groups in total. The normalized spacial score (nSPS) is 10.8. The van der Waals surface area contributed by atoms with Crippen molar-refractivity contribution in [2.45, 2.75) is 6.42 Å². The third-order valence-corrected chi connectivity index (χ3v) is 2.87. The molecule has 0 aliphatic heterocycles. The Labute approximate surface area is 90.9 Å². The Kier molecular flexibility index (Phi) is 2.70. The fourth-order valence-corrected chi connectivity index (χ4v) is 1.95. The topological polar surface area (TPSA) is 46.8 Å². The quantitative estimate of drug-likeness (QED) is 0.731. The van der Waals surface area contributed by atoms with Gasteiger partial charge in [-0.2, -0.15) is 0 Å². The molecule has 2 aromatic rings. The molecule has 0 aromatic carbocycles. The van der Waals surface area contributed by atoms with Crippen LogP contribution in [0.5, 0.6) is 0 Å². The summed E-state index contributed by atoms with van der Waals surface area (Å²) in [4.78, 5) is 21.5. The van der Waals surface area contributed by atoms with Crippen LogP contribution in [0.25, 0.3) is 4.96 Å². The Balaban J connectivity index is 2.12. The molecule has 0 spiro atoms. The first-order valence-electron chi connectivity index (χ1n) is 4.42.